The van der Waals surface area contributed by atoms with Crippen LogP contribution in [0.5, 0.6) is 0 Å². The molecule has 10 nitrogen and oxygen atoms in total. The maximum absolute atomic E-state index is 13.1. The van der Waals surface area contributed by atoms with Crippen LogP contribution >= 0.6 is 0 Å². The van der Waals surface area contributed by atoms with Crippen LogP contribution in [0.2, 0.25) is 0 Å². The van der Waals surface area contributed by atoms with E-state index in [0.29, 0.717) is 29.0 Å². The number of rotatable bonds is 3. The van der Waals surface area contributed by atoms with E-state index in [9.17, 15) is 27.6 Å². The van der Waals surface area contributed by atoms with Crippen molar-refractivity contribution in [2.75, 3.05) is 26.2 Å². The first-order chi connectivity index (χ1) is 14.6. The molecule has 1 aliphatic heterocycles. The zero-order valence-corrected chi connectivity index (χ0v) is 16.6. The summed E-state index contributed by atoms with van der Waals surface area (Å²) in [4.78, 5) is 45.9. The molecule has 31 heavy (non-hydrogen) atoms. The Bertz CT molecular complexity index is 1110. The number of fused-ring (bicyclic) bond motifs is 1. The van der Waals surface area contributed by atoms with Crippen LogP contribution in [0.3, 0.4) is 0 Å². The third-order valence-electron chi connectivity index (χ3n) is 5.62. The number of aryl methyl sites for hydroxylation is 1. The number of amides is 2. The fourth-order valence-corrected chi connectivity index (χ4v) is 3.99. The lowest BCUT2D eigenvalue weighted by Crippen LogP contribution is -2.53. The van der Waals surface area contributed by atoms with Gasteiger partial charge in [0.15, 0.2) is 5.69 Å². The number of nitrogens with two attached hydrogens (primary N) is 1. The maximum Gasteiger partial charge on any atom is 0.460 e. The van der Waals surface area contributed by atoms with Gasteiger partial charge in [-0.1, -0.05) is 0 Å². The van der Waals surface area contributed by atoms with Gasteiger partial charge in [0.2, 0.25) is 5.95 Å². The highest BCUT2D eigenvalue weighted by Gasteiger charge is 2.40. The molecule has 2 aromatic heterocycles. The first-order valence-electron chi connectivity index (χ1n) is 9.71. The molecule has 0 radical (unpaired) electrons. The number of piperazine rings is 1. The number of aromatic nitrogens is 4. The van der Waals surface area contributed by atoms with Crippen molar-refractivity contribution in [1.82, 2.24) is 29.5 Å². The van der Waals surface area contributed by atoms with Crippen LogP contribution in [0.4, 0.5) is 13.2 Å². The molecule has 2 aliphatic rings. The highest BCUT2D eigenvalue weighted by atomic mass is 19.4. The Morgan fingerprint density at radius 2 is 1.81 bits per heavy atom. The quantitative estimate of drug-likeness (QED) is 0.654. The number of carbonyl (C=O) groups excluding carboxylic acids is 2. The number of carbonyl (C=O) groups is 2. The van der Waals surface area contributed by atoms with Gasteiger partial charge in [0.05, 0.1) is 17.0 Å². The predicted octanol–water partition coefficient (Wildman–Crippen LogP) is 0.129. The van der Waals surface area contributed by atoms with Crippen molar-refractivity contribution in [3.63, 3.8) is 0 Å². The lowest BCUT2D eigenvalue weighted by molar-refractivity contribution is -0.251. The molecule has 0 aromatic carbocycles. The van der Waals surface area contributed by atoms with Crippen molar-refractivity contribution in [2.45, 2.75) is 32.5 Å². The lowest BCUT2D eigenvalue weighted by Gasteiger charge is -2.35. The summed E-state index contributed by atoms with van der Waals surface area (Å²) in [5, 5.41) is 4.09. The molecule has 0 saturated carbocycles. The second kappa shape index (κ2) is 7.48. The molecule has 0 bridgehead atoms. The Morgan fingerprint density at radius 1 is 1.13 bits per heavy atom. The minimum absolute atomic E-state index is 0.0478. The maximum atomic E-state index is 13.1. The number of H-pyrrole nitrogens is 1. The van der Waals surface area contributed by atoms with Crippen LogP contribution in [-0.2, 0) is 12.8 Å². The number of alkyl halides is 3. The summed E-state index contributed by atoms with van der Waals surface area (Å²) in [6, 6.07) is 0. The van der Waals surface area contributed by atoms with E-state index in [2.05, 4.69) is 15.1 Å². The van der Waals surface area contributed by atoms with Gasteiger partial charge >= 0.3 is 6.30 Å². The molecule has 2 amide bonds. The molecular formula is C18H20F3N7O3. The van der Waals surface area contributed by atoms with Crippen LogP contribution < -0.4 is 11.3 Å². The Balaban J connectivity index is 1.69. The minimum Gasteiger partial charge on any atom is -0.364 e. The smallest absolute Gasteiger partial charge is 0.364 e. The van der Waals surface area contributed by atoms with Gasteiger partial charge in [-0.15, -0.1) is 0 Å². The van der Waals surface area contributed by atoms with Gasteiger partial charge in [0.1, 0.15) is 0 Å². The second-order valence-electron chi connectivity index (χ2n) is 7.50. The number of nitrogens with one attached hydrogen (secondary N) is 1. The van der Waals surface area contributed by atoms with E-state index in [0.717, 1.165) is 6.42 Å². The molecule has 13 heteroatoms. The van der Waals surface area contributed by atoms with E-state index in [1.807, 2.05) is 0 Å². The molecule has 166 valence electrons. The van der Waals surface area contributed by atoms with E-state index in [1.54, 1.807) is 0 Å². The van der Waals surface area contributed by atoms with Gasteiger partial charge in [-0.3, -0.25) is 19.4 Å². The molecule has 3 N–H and O–H groups in total. The Hall–Kier alpha value is -3.22. The van der Waals surface area contributed by atoms with Crippen LogP contribution in [0.1, 0.15) is 44.2 Å². The lowest BCUT2D eigenvalue weighted by atomic mass is 10.1. The normalized spacial score (nSPS) is 17.1. The molecule has 1 fully saturated rings. The minimum atomic E-state index is -4.47. The van der Waals surface area contributed by atoms with Crippen molar-refractivity contribution in [1.29, 1.82) is 0 Å². The molecule has 1 aliphatic carbocycles. The van der Waals surface area contributed by atoms with Gasteiger partial charge in [-0.2, -0.15) is 18.3 Å². The molecule has 2 aromatic rings. The predicted molar refractivity (Wildman–Crippen MR) is 101 cm³/mol. The average Bonchev–Trinajstić information content (AvgIpc) is 3.31. The molecule has 4 rings (SSSR count). The third-order valence-corrected chi connectivity index (χ3v) is 5.62. The highest BCUT2D eigenvalue weighted by molar-refractivity contribution is 6.06. The van der Waals surface area contributed by atoms with Crippen molar-refractivity contribution in [2.24, 2.45) is 5.73 Å². The highest BCUT2D eigenvalue weighted by Crippen LogP contribution is 2.25. The SMILES string of the molecule is Cc1c(C(=O)N2CCN(C(F)(F)F)CC2)c(C(N)=O)nn1-c1nc2c(c(=O)[nH]1)CCC2. The van der Waals surface area contributed by atoms with E-state index < -0.39 is 18.1 Å². The van der Waals surface area contributed by atoms with Gasteiger partial charge in [-0.05, 0) is 26.2 Å². The van der Waals surface area contributed by atoms with Gasteiger partial charge in [0, 0.05) is 31.7 Å². The molecular weight excluding hydrogens is 419 g/mol. The summed E-state index contributed by atoms with van der Waals surface area (Å²) >= 11 is 0. The second-order valence-corrected chi connectivity index (χ2v) is 7.50. The van der Waals surface area contributed by atoms with E-state index >= 15 is 0 Å². The first kappa shape index (κ1) is 21.0. The topological polar surface area (TPSA) is 130 Å². The Morgan fingerprint density at radius 3 is 2.42 bits per heavy atom. The van der Waals surface area contributed by atoms with Crippen molar-refractivity contribution in [3.8, 4) is 5.95 Å². The van der Waals surface area contributed by atoms with Crippen molar-refractivity contribution >= 4 is 11.8 Å². The number of hydrogen-bond acceptors (Lipinski definition) is 6. The average molecular weight is 439 g/mol. The van der Waals surface area contributed by atoms with Crippen molar-refractivity contribution in [3.05, 3.63) is 38.6 Å². The summed E-state index contributed by atoms with van der Waals surface area (Å²) < 4.78 is 39.7. The van der Waals surface area contributed by atoms with Crippen LogP contribution in [0.15, 0.2) is 4.79 Å². The van der Waals surface area contributed by atoms with E-state index in [-0.39, 0.29) is 54.6 Å². The summed E-state index contributed by atoms with van der Waals surface area (Å²) in [6.45, 7) is 0.401. The molecule has 0 spiro atoms. The molecule has 3 heterocycles. The van der Waals surface area contributed by atoms with Gasteiger partial charge in [-0.25, -0.2) is 14.6 Å². The zero-order chi connectivity index (χ0) is 22.5. The number of primary amides is 1. The Kier molecular flexibility index (Phi) is 5.07. The molecule has 0 atom stereocenters. The van der Waals surface area contributed by atoms with Crippen LogP contribution in [0.25, 0.3) is 5.95 Å². The van der Waals surface area contributed by atoms with Gasteiger partial charge < -0.3 is 10.6 Å². The first-order valence-corrected chi connectivity index (χ1v) is 9.71. The monoisotopic (exact) mass is 439 g/mol. The third kappa shape index (κ3) is 3.69. The molecule has 0 unspecified atom stereocenters. The summed E-state index contributed by atoms with van der Waals surface area (Å²) in [7, 11) is 0. The number of aromatic amines is 1. The van der Waals surface area contributed by atoms with E-state index in [1.165, 1.54) is 16.5 Å². The van der Waals surface area contributed by atoms with Crippen molar-refractivity contribution < 1.29 is 22.8 Å². The largest absolute Gasteiger partial charge is 0.460 e. The fourth-order valence-electron chi connectivity index (χ4n) is 3.99. The molecule has 1 saturated heterocycles. The number of hydrogen-bond donors (Lipinski definition) is 2. The summed E-state index contributed by atoms with van der Waals surface area (Å²) in [5.41, 5.74) is 6.08. The number of halogens is 3. The summed E-state index contributed by atoms with van der Waals surface area (Å²) in [5.74, 6) is -1.57. The van der Waals surface area contributed by atoms with Crippen LogP contribution in [0, 0.1) is 6.92 Å². The fraction of sp³-hybridized carbons (Fsp3) is 0.500. The standard InChI is InChI=1S/C18H20F3N7O3/c1-9-12(16(31)26-5-7-27(8-6-26)18(19,20)21)13(14(22)29)25-28(9)17-23-11-4-2-3-10(11)15(30)24-17/h2-8H2,1H3,(H2,22,29)(H,23,24,30). The van der Waals surface area contributed by atoms with Crippen LogP contribution in [-0.4, -0.2) is 73.8 Å². The Labute approximate surface area is 173 Å². The zero-order valence-electron chi connectivity index (χ0n) is 16.6. The number of nitrogens with zero attached hydrogens (tertiary/aromatic N) is 5. The van der Waals surface area contributed by atoms with Gasteiger partial charge in [0.25, 0.3) is 17.4 Å². The summed E-state index contributed by atoms with van der Waals surface area (Å²) in [6.07, 6.45) is -2.42. The van der Waals surface area contributed by atoms with E-state index in [4.69, 9.17) is 5.73 Å².